The number of alkyl halides is 1. The summed E-state index contributed by atoms with van der Waals surface area (Å²) in [5, 5.41) is 17.3. The van der Waals surface area contributed by atoms with E-state index in [2.05, 4.69) is 32.4 Å². The van der Waals surface area contributed by atoms with Crippen molar-refractivity contribution >= 4 is 29.3 Å². The first-order chi connectivity index (χ1) is 15.5. The van der Waals surface area contributed by atoms with E-state index in [9.17, 15) is 4.39 Å². The lowest BCUT2D eigenvalue weighted by Gasteiger charge is -2.31. The Balaban J connectivity index is 0.000000775. The number of nitrogens with one attached hydrogen (secondary N) is 3. The van der Waals surface area contributed by atoms with E-state index in [0.29, 0.717) is 30.6 Å². The molecule has 5 rings (SSSR count). The van der Waals surface area contributed by atoms with Gasteiger partial charge in [-0.05, 0) is 24.6 Å². The van der Waals surface area contributed by atoms with Crippen molar-refractivity contribution in [2.45, 2.75) is 31.4 Å². The summed E-state index contributed by atoms with van der Waals surface area (Å²) >= 11 is 0. The summed E-state index contributed by atoms with van der Waals surface area (Å²) in [7, 11) is 1.79. The summed E-state index contributed by atoms with van der Waals surface area (Å²) in [6.45, 7) is 2.35. The van der Waals surface area contributed by atoms with E-state index in [-0.39, 0.29) is 18.3 Å². The van der Waals surface area contributed by atoms with Crippen molar-refractivity contribution in [2.24, 2.45) is 10.7 Å². The lowest BCUT2D eigenvalue weighted by Crippen LogP contribution is -2.45. The van der Waals surface area contributed by atoms with Crippen molar-refractivity contribution in [3.05, 3.63) is 53.2 Å². The van der Waals surface area contributed by atoms with Crippen LogP contribution in [0.15, 0.2) is 46.8 Å². The molecule has 0 spiro atoms. The number of nitrogens with two attached hydrogens (primary N) is 1. The number of H-pyrrole nitrogens is 2. The summed E-state index contributed by atoms with van der Waals surface area (Å²) in [5.41, 5.74) is 10.9. The zero-order chi connectivity index (χ0) is 22.8. The first kappa shape index (κ1) is 21.3. The van der Waals surface area contributed by atoms with E-state index in [0.717, 1.165) is 28.0 Å². The second-order valence-corrected chi connectivity index (χ2v) is 7.70. The number of carbonyl (C=O) groups is 1. The van der Waals surface area contributed by atoms with Gasteiger partial charge in [-0.2, -0.15) is 10.1 Å². The zero-order valence-electron chi connectivity index (χ0n) is 17.7. The van der Waals surface area contributed by atoms with Crippen molar-refractivity contribution in [2.75, 3.05) is 18.5 Å². The lowest BCUT2D eigenvalue weighted by atomic mass is 9.95. The Bertz CT molecular complexity index is 1180. The molecule has 6 N–H and O–H groups in total. The molecule has 10 nitrogen and oxygen atoms in total. The van der Waals surface area contributed by atoms with Gasteiger partial charge in [0.15, 0.2) is 5.82 Å². The van der Waals surface area contributed by atoms with Crippen molar-refractivity contribution in [3.8, 4) is 0 Å². The van der Waals surface area contributed by atoms with Gasteiger partial charge in [0.2, 0.25) is 5.96 Å². The number of aromatic amines is 2. The highest BCUT2D eigenvalue weighted by molar-refractivity contribution is 5.97. The van der Waals surface area contributed by atoms with E-state index >= 15 is 0 Å². The third-order valence-corrected chi connectivity index (χ3v) is 5.73. The Morgan fingerprint density at radius 1 is 1.41 bits per heavy atom. The maximum atomic E-state index is 13.4. The van der Waals surface area contributed by atoms with Crippen molar-refractivity contribution < 1.29 is 14.3 Å². The van der Waals surface area contributed by atoms with Crippen LogP contribution in [0.4, 0.5) is 10.2 Å². The number of hydrogen-bond acceptors (Lipinski definition) is 7. The third-order valence-electron chi connectivity index (χ3n) is 5.73. The molecule has 11 heteroatoms. The number of aromatic nitrogens is 4. The Hall–Kier alpha value is -3.89. The molecule has 0 radical (unpaired) electrons. The summed E-state index contributed by atoms with van der Waals surface area (Å²) < 4.78 is 13.4. The number of anilines is 1. The quantitative estimate of drug-likeness (QED) is 0.391. The van der Waals surface area contributed by atoms with Crippen molar-refractivity contribution in [1.82, 2.24) is 25.5 Å². The van der Waals surface area contributed by atoms with Crippen LogP contribution in [0, 0.1) is 0 Å². The molecule has 3 aromatic heterocycles. The predicted molar refractivity (Wildman–Crippen MR) is 119 cm³/mol. The van der Waals surface area contributed by atoms with Crippen molar-refractivity contribution in [3.63, 3.8) is 0 Å². The molecule has 0 unspecified atom stereocenters. The van der Waals surface area contributed by atoms with Crippen LogP contribution in [0.25, 0.3) is 11.0 Å². The Morgan fingerprint density at radius 3 is 2.84 bits per heavy atom. The average molecular weight is 440 g/mol. The molecule has 2 aliphatic rings. The van der Waals surface area contributed by atoms with Gasteiger partial charge in [0.1, 0.15) is 12.0 Å². The van der Waals surface area contributed by atoms with Crippen LogP contribution < -0.4 is 16.0 Å². The molecule has 0 bridgehead atoms. The van der Waals surface area contributed by atoms with Gasteiger partial charge in [-0.1, -0.05) is 6.92 Å². The summed E-state index contributed by atoms with van der Waals surface area (Å²) in [6, 6.07) is 7.88. The van der Waals surface area contributed by atoms with Gasteiger partial charge in [-0.25, -0.2) is 4.39 Å². The summed E-state index contributed by atoms with van der Waals surface area (Å²) in [6.07, 6.45) is 1.65. The molecule has 3 atom stereocenters. The number of rotatable bonds is 4. The first-order valence-corrected chi connectivity index (χ1v) is 10.2. The number of halogens is 1. The average Bonchev–Trinajstić information content (AvgIpc) is 3.19. The number of carboxylic acid groups (broad SMARTS) is 1. The highest BCUT2D eigenvalue weighted by atomic mass is 19.1. The Morgan fingerprint density at radius 2 is 2.16 bits per heavy atom. The first-order valence-electron chi connectivity index (χ1n) is 10.2. The van der Waals surface area contributed by atoms with Gasteiger partial charge in [0.05, 0.1) is 17.6 Å². The number of guanidine groups is 1. The minimum absolute atomic E-state index is 0.0176. The minimum atomic E-state index is -0.775. The molecule has 0 amide bonds. The fraction of sp³-hybridized carbons (Fsp3) is 0.333. The second-order valence-electron chi connectivity index (χ2n) is 7.70. The van der Waals surface area contributed by atoms with Gasteiger partial charge in [0, 0.05) is 48.1 Å². The lowest BCUT2D eigenvalue weighted by molar-refractivity contribution is -0.122. The smallest absolute Gasteiger partial charge is 0.290 e. The van der Waals surface area contributed by atoms with Gasteiger partial charge in [-0.3, -0.25) is 19.8 Å². The Kier molecular flexibility index (Phi) is 5.80. The SMILES string of the molecule is CNC1=NC(N)=C([C@H](C)c2ccc3[nH]ccc3n2)CN1c1cc([C@@H]2C[C@H]2F)[nH]n1.O=CO. The highest BCUT2D eigenvalue weighted by Crippen LogP contribution is 2.43. The van der Waals surface area contributed by atoms with Crippen LogP contribution in [0.1, 0.15) is 36.6 Å². The van der Waals surface area contributed by atoms with E-state index in [4.69, 9.17) is 20.6 Å². The largest absolute Gasteiger partial charge is 0.483 e. The molecule has 168 valence electrons. The summed E-state index contributed by atoms with van der Waals surface area (Å²) in [4.78, 5) is 22.8. The van der Waals surface area contributed by atoms with E-state index in [1.54, 1.807) is 7.05 Å². The fourth-order valence-corrected chi connectivity index (χ4v) is 3.82. The van der Waals surface area contributed by atoms with Gasteiger partial charge in [-0.15, -0.1) is 0 Å². The molecule has 4 heterocycles. The Labute approximate surface area is 183 Å². The van der Waals surface area contributed by atoms with Gasteiger partial charge < -0.3 is 21.1 Å². The van der Waals surface area contributed by atoms with E-state index in [1.165, 1.54) is 0 Å². The second kappa shape index (κ2) is 8.69. The number of aliphatic imine (C=N–C) groups is 1. The maximum absolute atomic E-state index is 13.4. The molecule has 1 saturated carbocycles. The molecule has 32 heavy (non-hydrogen) atoms. The molecule has 1 aliphatic carbocycles. The normalized spacial score (nSPS) is 21.0. The fourth-order valence-electron chi connectivity index (χ4n) is 3.82. The maximum Gasteiger partial charge on any atom is 0.290 e. The molecule has 1 aliphatic heterocycles. The molecular weight excluding hydrogens is 415 g/mol. The zero-order valence-corrected chi connectivity index (χ0v) is 17.7. The standard InChI is InChI=1S/C20H23FN8.CH2O2/c1-10(14-3-4-15-16(25-14)5-6-24-15)12-9-29(20(23-2)26-19(12)22)18-8-17(27-28-18)11-7-13(11)21;2-1-3/h3-6,8,10-11,13,24H,7,9,22H2,1-2H3,(H,23,26)(H,27,28);1H,(H,2,3)/t10-,11+,13+;/m0./s1. The van der Waals surface area contributed by atoms with Gasteiger partial charge >= 0.3 is 0 Å². The number of hydrogen-bond donors (Lipinski definition) is 5. The number of pyridine rings is 1. The van der Waals surface area contributed by atoms with Crippen LogP contribution in [-0.2, 0) is 4.79 Å². The van der Waals surface area contributed by atoms with Crippen LogP contribution in [0.2, 0.25) is 0 Å². The predicted octanol–water partition coefficient (Wildman–Crippen LogP) is 2.18. The topological polar surface area (TPSA) is 148 Å². The molecule has 3 aromatic rings. The van der Waals surface area contributed by atoms with Crippen molar-refractivity contribution in [1.29, 1.82) is 0 Å². The highest BCUT2D eigenvalue weighted by Gasteiger charge is 2.40. The van der Waals surface area contributed by atoms with E-state index < -0.39 is 6.17 Å². The third kappa shape index (κ3) is 4.01. The van der Waals surface area contributed by atoms with Crippen LogP contribution in [-0.4, -0.2) is 57.5 Å². The monoisotopic (exact) mass is 440 g/mol. The van der Waals surface area contributed by atoms with Gasteiger partial charge in [0.25, 0.3) is 6.47 Å². The number of nitrogens with zero attached hydrogens (tertiary/aromatic N) is 4. The summed E-state index contributed by atoms with van der Waals surface area (Å²) in [5.74, 6) is 1.69. The van der Waals surface area contributed by atoms with Crippen LogP contribution in [0.5, 0.6) is 0 Å². The molecule has 1 fully saturated rings. The minimum Gasteiger partial charge on any atom is -0.483 e. The molecular formula is C21H25FN8O2. The van der Waals surface area contributed by atoms with Crippen LogP contribution in [0.3, 0.4) is 0 Å². The molecule has 0 saturated heterocycles. The molecule has 0 aromatic carbocycles. The van der Waals surface area contributed by atoms with Crippen LogP contribution >= 0.6 is 0 Å². The number of fused-ring (bicyclic) bond motifs is 1. The van der Waals surface area contributed by atoms with E-state index in [1.807, 2.05) is 35.4 Å².